The predicted molar refractivity (Wildman–Crippen MR) is 71.2 cm³/mol. The lowest BCUT2D eigenvalue weighted by Gasteiger charge is -2.03. The first kappa shape index (κ1) is 13.7. The van der Waals surface area contributed by atoms with Crippen molar-refractivity contribution in [1.29, 1.82) is 0 Å². The minimum Gasteiger partial charge on any atom is -0.465 e. The molecule has 0 aliphatic carbocycles. The van der Waals surface area contributed by atoms with Crippen molar-refractivity contribution < 1.29 is 9.53 Å². The SMILES string of the molecule is O=C(Cc1ccsc1)OCCCCCCBr. The predicted octanol–water partition coefficient (Wildman–Crippen LogP) is 3.79. The lowest BCUT2D eigenvalue weighted by atomic mass is 10.2. The molecule has 0 bridgehead atoms. The van der Waals surface area contributed by atoms with Gasteiger partial charge in [0.05, 0.1) is 13.0 Å². The molecule has 0 saturated heterocycles. The lowest BCUT2D eigenvalue weighted by molar-refractivity contribution is -0.142. The van der Waals surface area contributed by atoms with Gasteiger partial charge in [0.15, 0.2) is 0 Å². The second-order valence-corrected chi connectivity index (χ2v) is 5.21. The summed E-state index contributed by atoms with van der Waals surface area (Å²) in [5, 5.41) is 5.02. The van der Waals surface area contributed by atoms with Crippen LogP contribution in [0.2, 0.25) is 0 Å². The zero-order valence-corrected chi connectivity index (χ0v) is 11.7. The zero-order chi connectivity index (χ0) is 11.6. The molecule has 0 atom stereocenters. The van der Waals surface area contributed by atoms with Crippen LogP contribution >= 0.6 is 27.3 Å². The fourth-order valence-corrected chi connectivity index (χ4v) is 2.41. The van der Waals surface area contributed by atoms with Crippen LogP contribution in [-0.4, -0.2) is 17.9 Å². The minimum absolute atomic E-state index is 0.112. The van der Waals surface area contributed by atoms with Gasteiger partial charge in [-0.2, -0.15) is 11.3 Å². The van der Waals surface area contributed by atoms with E-state index in [2.05, 4.69) is 15.9 Å². The summed E-state index contributed by atoms with van der Waals surface area (Å²) < 4.78 is 5.15. The van der Waals surface area contributed by atoms with Crippen molar-refractivity contribution in [2.75, 3.05) is 11.9 Å². The number of rotatable bonds is 8. The molecule has 0 unspecified atom stereocenters. The highest BCUT2D eigenvalue weighted by Gasteiger charge is 2.04. The first-order valence-electron chi connectivity index (χ1n) is 5.55. The fraction of sp³-hybridized carbons (Fsp3) is 0.583. The van der Waals surface area contributed by atoms with Crippen LogP contribution in [0.4, 0.5) is 0 Å². The molecule has 0 saturated carbocycles. The molecule has 0 amide bonds. The molecule has 4 heteroatoms. The monoisotopic (exact) mass is 304 g/mol. The van der Waals surface area contributed by atoms with Gasteiger partial charge in [0.1, 0.15) is 0 Å². The van der Waals surface area contributed by atoms with Gasteiger partial charge in [-0.15, -0.1) is 0 Å². The molecular weight excluding hydrogens is 288 g/mol. The molecule has 0 aromatic carbocycles. The molecular formula is C12H17BrO2S. The third kappa shape index (κ3) is 6.28. The molecule has 0 radical (unpaired) electrons. The topological polar surface area (TPSA) is 26.3 Å². The van der Waals surface area contributed by atoms with Crippen molar-refractivity contribution in [2.24, 2.45) is 0 Å². The van der Waals surface area contributed by atoms with E-state index in [1.807, 2.05) is 16.8 Å². The summed E-state index contributed by atoms with van der Waals surface area (Å²) in [5.74, 6) is -0.112. The molecule has 1 aromatic rings. The Morgan fingerprint density at radius 3 is 2.81 bits per heavy atom. The first-order chi connectivity index (χ1) is 7.83. The van der Waals surface area contributed by atoms with Gasteiger partial charge in [-0.3, -0.25) is 4.79 Å². The van der Waals surface area contributed by atoms with E-state index >= 15 is 0 Å². The second kappa shape index (κ2) is 8.76. The van der Waals surface area contributed by atoms with Crippen LogP contribution in [0.3, 0.4) is 0 Å². The highest BCUT2D eigenvalue weighted by atomic mass is 79.9. The van der Waals surface area contributed by atoms with Crippen LogP contribution in [0.5, 0.6) is 0 Å². The van der Waals surface area contributed by atoms with Crippen molar-refractivity contribution in [2.45, 2.75) is 32.1 Å². The summed E-state index contributed by atoms with van der Waals surface area (Å²) in [7, 11) is 0. The van der Waals surface area contributed by atoms with Gasteiger partial charge >= 0.3 is 5.97 Å². The molecule has 0 spiro atoms. The molecule has 1 heterocycles. The van der Waals surface area contributed by atoms with Crippen LogP contribution in [0.25, 0.3) is 0 Å². The third-order valence-corrected chi connectivity index (χ3v) is 3.51. The van der Waals surface area contributed by atoms with Gasteiger partial charge in [-0.1, -0.05) is 28.8 Å². The van der Waals surface area contributed by atoms with E-state index in [1.54, 1.807) is 11.3 Å². The number of carbonyl (C=O) groups excluding carboxylic acids is 1. The van der Waals surface area contributed by atoms with Crippen LogP contribution in [0.1, 0.15) is 31.2 Å². The molecule has 0 aliphatic heterocycles. The smallest absolute Gasteiger partial charge is 0.310 e. The van der Waals surface area contributed by atoms with E-state index in [-0.39, 0.29) is 5.97 Å². The number of esters is 1. The second-order valence-electron chi connectivity index (χ2n) is 3.63. The van der Waals surface area contributed by atoms with E-state index in [0.29, 0.717) is 13.0 Å². The Morgan fingerprint density at radius 2 is 2.12 bits per heavy atom. The van der Waals surface area contributed by atoms with Crippen molar-refractivity contribution in [3.8, 4) is 0 Å². The van der Waals surface area contributed by atoms with Crippen LogP contribution in [0, 0.1) is 0 Å². The van der Waals surface area contributed by atoms with Gasteiger partial charge in [0.2, 0.25) is 0 Å². The Hall–Kier alpha value is -0.350. The van der Waals surface area contributed by atoms with Crippen molar-refractivity contribution in [3.63, 3.8) is 0 Å². The number of halogens is 1. The zero-order valence-electron chi connectivity index (χ0n) is 9.28. The molecule has 0 aliphatic rings. The first-order valence-corrected chi connectivity index (χ1v) is 7.62. The van der Waals surface area contributed by atoms with Crippen molar-refractivity contribution in [1.82, 2.24) is 0 Å². The largest absolute Gasteiger partial charge is 0.465 e. The Balaban J connectivity index is 1.98. The number of hydrogen-bond donors (Lipinski definition) is 0. The number of carbonyl (C=O) groups is 1. The van der Waals surface area contributed by atoms with Crippen LogP contribution in [-0.2, 0) is 16.0 Å². The summed E-state index contributed by atoms with van der Waals surface area (Å²) in [6.07, 6.45) is 4.92. The fourth-order valence-electron chi connectivity index (χ4n) is 1.35. The molecule has 0 N–H and O–H groups in total. The lowest BCUT2D eigenvalue weighted by Crippen LogP contribution is -2.08. The normalized spacial score (nSPS) is 10.3. The van der Waals surface area contributed by atoms with Crippen LogP contribution in [0.15, 0.2) is 16.8 Å². The number of unbranched alkanes of at least 4 members (excludes halogenated alkanes) is 3. The Labute approximate surface area is 109 Å². The number of ether oxygens (including phenoxy) is 1. The third-order valence-electron chi connectivity index (χ3n) is 2.22. The maximum absolute atomic E-state index is 11.4. The molecule has 90 valence electrons. The molecule has 1 rings (SSSR count). The van der Waals surface area contributed by atoms with E-state index in [9.17, 15) is 4.79 Å². The van der Waals surface area contributed by atoms with Crippen molar-refractivity contribution in [3.05, 3.63) is 22.4 Å². The van der Waals surface area contributed by atoms with Gasteiger partial charge in [0.25, 0.3) is 0 Å². The average molecular weight is 305 g/mol. The highest BCUT2D eigenvalue weighted by molar-refractivity contribution is 9.09. The van der Waals surface area contributed by atoms with E-state index in [4.69, 9.17) is 4.74 Å². The van der Waals surface area contributed by atoms with E-state index in [1.165, 1.54) is 12.8 Å². The number of hydrogen-bond acceptors (Lipinski definition) is 3. The van der Waals surface area contributed by atoms with Crippen molar-refractivity contribution >= 4 is 33.2 Å². The highest BCUT2D eigenvalue weighted by Crippen LogP contribution is 2.08. The summed E-state index contributed by atoms with van der Waals surface area (Å²) >= 11 is 5.00. The van der Waals surface area contributed by atoms with Crippen LogP contribution < -0.4 is 0 Å². The van der Waals surface area contributed by atoms with E-state index < -0.39 is 0 Å². The molecule has 1 aromatic heterocycles. The number of alkyl halides is 1. The maximum atomic E-state index is 11.4. The van der Waals surface area contributed by atoms with Gasteiger partial charge in [0, 0.05) is 5.33 Å². The molecule has 16 heavy (non-hydrogen) atoms. The number of thiophene rings is 1. The summed E-state index contributed by atoms with van der Waals surface area (Å²) in [4.78, 5) is 11.4. The average Bonchev–Trinajstić information content (AvgIpc) is 2.76. The van der Waals surface area contributed by atoms with Gasteiger partial charge < -0.3 is 4.74 Å². The maximum Gasteiger partial charge on any atom is 0.310 e. The Bertz CT molecular complexity index is 285. The quantitative estimate of drug-likeness (QED) is 0.415. The summed E-state index contributed by atoms with van der Waals surface area (Å²) in [5.41, 5.74) is 1.05. The Morgan fingerprint density at radius 1 is 1.31 bits per heavy atom. The standard InChI is InChI=1S/C12H17BrO2S/c13-6-3-1-2-4-7-15-12(14)9-11-5-8-16-10-11/h5,8,10H,1-4,6-7,9H2. The molecule has 2 nitrogen and oxygen atoms in total. The van der Waals surface area contributed by atoms with Gasteiger partial charge in [-0.05, 0) is 35.2 Å². The van der Waals surface area contributed by atoms with E-state index in [0.717, 1.165) is 23.7 Å². The minimum atomic E-state index is -0.112. The Kier molecular flexibility index (Phi) is 7.51. The van der Waals surface area contributed by atoms with Gasteiger partial charge in [-0.25, -0.2) is 0 Å². The molecule has 0 fully saturated rings. The summed E-state index contributed by atoms with van der Waals surface area (Å²) in [6.45, 7) is 0.561. The summed E-state index contributed by atoms with van der Waals surface area (Å²) in [6, 6.07) is 1.96.